The zero-order chi connectivity index (χ0) is 20.9. The van der Waals surface area contributed by atoms with Crippen LogP contribution in [0.3, 0.4) is 0 Å². The van der Waals surface area contributed by atoms with Gasteiger partial charge in [-0.25, -0.2) is 27.1 Å². The van der Waals surface area contributed by atoms with E-state index >= 15 is 0 Å². The molecule has 0 unspecified atom stereocenters. The van der Waals surface area contributed by atoms with Gasteiger partial charge in [0.15, 0.2) is 11.6 Å². The number of likely N-dealkylation sites (tertiary alicyclic amines) is 1. The maximum Gasteiger partial charge on any atom is 0.266 e. The fraction of sp³-hybridized carbons (Fsp3) is 0.368. The monoisotopic (exact) mass is 407 g/mol. The Kier molecular flexibility index (Phi) is 4.51. The van der Waals surface area contributed by atoms with Crippen LogP contribution >= 0.6 is 0 Å². The van der Waals surface area contributed by atoms with E-state index in [1.807, 2.05) is 0 Å². The molecule has 0 saturated carbocycles. The van der Waals surface area contributed by atoms with E-state index in [2.05, 4.69) is 15.1 Å². The Morgan fingerprint density at radius 2 is 1.97 bits per heavy atom. The molecule has 0 bridgehead atoms. The smallest absolute Gasteiger partial charge is 0.266 e. The zero-order valence-electron chi connectivity index (χ0n) is 15.7. The Morgan fingerprint density at radius 3 is 2.69 bits per heavy atom. The number of hydrogen-bond acceptors (Lipinski definition) is 4. The Labute approximate surface area is 163 Å². The summed E-state index contributed by atoms with van der Waals surface area (Å²) in [4.78, 5) is 22.0. The van der Waals surface area contributed by atoms with Crippen molar-refractivity contribution in [2.75, 3.05) is 13.1 Å². The summed E-state index contributed by atoms with van der Waals surface area (Å²) in [5.74, 6) is -6.65. The van der Waals surface area contributed by atoms with Gasteiger partial charge in [0.2, 0.25) is 0 Å². The summed E-state index contributed by atoms with van der Waals surface area (Å²) >= 11 is 0. The third-order valence-electron chi connectivity index (χ3n) is 4.98. The first kappa shape index (κ1) is 19.3. The van der Waals surface area contributed by atoms with Crippen molar-refractivity contribution in [2.24, 2.45) is 0 Å². The number of carbonyl (C=O) groups is 1. The molecule has 0 radical (unpaired) electrons. The molecule has 2 aromatic heterocycles. The predicted octanol–water partition coefficient (Wildman–Crippen LogP) is 3.28. The van der Waals surface area contributed by atoms with E-state index in [4.69, 9.17) is 0 Å². The summed E-state index contributed by atoms with van der Waals surface area (Å²) in [6, 6.07) is 3.53. The first-order chi connectivity index (χ1) is 13.6. The molecule has 1 amide bonds. The van der Waals surface area contributed by atoms with E-state index in [1.54, 1.807) is 13.0 Å². The van der Waals surface area contributed by atoms with Crippen LogP contribution in [-0.2, 0) is 0 Å². The lowest BCUT2D eigenvalue weighted by molar-refractivity contribution is -0.0641. The number of rotatable bonds is 2. The van der Waals surface area contributed by atoms with Gasteiger partial charge in [0.25, 0.3) is 17.6 Å². The van der Waals surface area contributed by atoms with Crippen LogP contribution in [-0.4, -0.2) is 49.4 Å². The molecule has 0 spiro atoms. The van der Waals surface area contributed by atoms with Gasteiger partial charge in [-0.3, -0.25) is 4.79 Å². The second-order valence-electron chi connectivity index (χ2n) is 7.33. The van der Waals surface area contributed by atoms with E-state index in [9.17, 15) is 22.4 Å². The Balaban J connectivity index is 1.71. The number of piperidine rings is 1. The van der Waals surface area contributed by atoms with E-state index < -0.39 is 42.3 Å². The molecular formula is C19H17F4N5O. The highest BCUT2D eigenvalue weighted by molar-refractivity contribution is 5.94. The molecule has 3 heterocycles. The molecule has 0 aliphatic carbocycles. The number of aryl methyl sites for hydroxylation is 2. The molecule has 1 aromatic carbocycles. The summed E-state index contributed by atoms with van der Waals surface area (Å²) in [6.07, 6.45) is 0.797. The number of halogens is 4. The van der Waals surface area contributed by atoms with Crippen LogP contribution in [0.15, 0.2) is 24.5 Å². The number of amides is 1. The SMILES string of the molecule is Cc1cc([C@@H]2CN(C(=O)c3cc(C)c(F)c(F)c3)CC(F)(F)C2)n2ncnc2n1. The predicted molar refractivity (Wildman–Crippen MR) is 94.8 cm³/mol. The van der Waals surface area contributed by atoms with Crippen molar-refractivity contribution in [1.29, 1.82) is 0 Å². The number of aromatic nitrogens is 4. The molecule has 10 heteroatoms. The minimum Gasteiger partial charge on any atom is -0.332 e. The molecule has 0 N–H and O–H groups in total. The van der Waals surface area contributed by atoms with Crippen LogP contribution in [0.2, 0.25) is 0 Å². The first-order valence-electron chi connectivity index (χ1n) is 8.94. The first-order valence-corrected chi connectivity index (χ1v) is 8.94. The van der Waals surface area contributed by atoms with Gasteiger partial charge in [-0.1, -0.05) is 0 Å². The molecule has 1 aliphatic rings. The van der Waals surface area contributed by atoms with Gasteiger partial charge >= 0.3 is 0 Å². The number of hydrogen-bond donors (Lipinski definition) is 0. The fourth-order valence-corrected chi connectivity index (χ4v) is 3.73. The Bertz CT molecular complexity index is 1090. The molecular weight excluding hydrogens is 390 g/mol. The molecule has 29 heavy (non-hydrogen) atoms. The summed E-state index contributed by atoms with van der Waals surface area (Å²) in [7, 11) is 0. The summed E-state index contributed by atoms with van der Waals surface area (Å²) in [5.41, 5.74) is 0.810. The normalized spacial score (nSPS) is 19.0. The number of benzene rings is 1. The van der Waals surface area contributed by atoms with E-state index in [-0.39, 0.29) is 23.4 Å². The van der Waals surface area contributed by atoms with Crippen molar-refractivity contribution in [3.05, 3.63) is 58.7 Å². The van der Waals surface area contributed by atoms with Crippen molar-refractivity contribution in [3.63, 3.8) is 0 Å². The third-order valence-corrected chi connectivity index (χ3v) is 4.98. The van der Waals surface area contributed by atoms with Crippen LogP contribution in [0.4, 0.5) is 17.6 Å². The van der Waals surface area contributed by atoms with Gasteiger partial charge in [0, 0.05) is 30.1 Å². The van der Waals surface area contributed by atoms with Gasteiger partial charge < -0.3 is 4.90 Å². The second-order valence-corrected chi connectivity index (χ2v) is 7.33. The van der Waals surface area contributed by atoms with Crippen LogP contribution in [0.5, 0.6) is 0 Å². The van der Waals surface area contributed by atoms with E-state index in [0.717, 1.165) is 17.0 Å². The Hall–Kier alpha value is -3.04. The number of carbonyl (C=O) groups excluding carboxylic acids is 1. The highest BCUT2D eigenvalue weighted by atomic mass is 19.3. The number of fused-ring (bicyclic) bond motifs is 1. The van der Waals surface area contributed by atoms with Gasteiger partial charge in [-0.15, -0.1) is 0 Å². The highest BCUT2D eigenvalue weighted by Gasteiger charge is 2.43. The Morgan fingerprint density at radius 1 is 1.21 bits per heavy atom. The lowest BCUT2D eigenvalue weighted by Gasteiger charge is -2.37. The van der Waals surface area contributed by atoms with Crippen molar-refractivity contribution in [3.8, 4) is 0 Å². The maximum absolute atomic E-state index is 14.5. The summed E-state index contributed by atoms with van der Waals surface area (Å²) in [6.45, 7) is 2.20. The van der Waals surface area contributed by atoms with Gasteiger partial charge in [0.1, 0.15) is 6.33 Å². The van der Waals surface area contributed by atoms with Crippen molar-refractivity contribution in [2.45, 2.75) is 32.1 Å². The fourth-order valence-electron chi connectivity index (χ4n) is 3.73. The van der Waals surface area contributed by atoms with Crippen LogP contribution in [0, 0.1) is 25.5 Å². The van der Waals surface area contributed by atoms with Gasteiger partial charge in [0.05, 0.1) is 12.2 Å². The van der Waals surface area contributed by atoms with Crippen LogP contribution < -0.4 is 0 Å². The van der Waals surface area contributed by atoms with Crippen molar-refractivity contribution >= 4 is 11.7 Å². The minimum atomic E-state index is -3.16. The molecule has 4 rings (SSSR count). The lowest BCUT2D eigenvalue weighted by atomic mass is 9.91. The quantitative estimate of drug-likeness (QED) is 0.612. The van der Waals surface area contributed by atoms with Crippen molar-refractivity contribution in [1.82, 2.24) is 24.5 Å². The average Bonchev–Trinajstić information content (AvgIpc) is 3.11. The number of alkyl halides is 2. The molecule has 1 fully saturated rings. The molecule has 1 atom stereocenters. The summed E-state index contributed by atoms with van der Waals surface area (Å²) in [5, 5.41) is 4.05. The van der Waals surface area contributed by atoms with Gasteiger partial charge in [-0.05, 0) is 37.6 Å². The number of nitrogens with zero attached hydrogens (tertiary/aromatic N) is 5. The maximum atomic E-state index is 14.5. The molecule has 3 aromatic rings. The third kappa shape index (κ3) is 3.54. The van der Waals surface area contributed by atoms with E-state index in [0.29, 0.717) is 11.4 Å². The van der Waals surface area contributed by atoms with E-state index in [1.165, 1.54) is 17.8 Å². The largest absolute Gasteiger partial charge is 0.332 e. The highest BCUT2D eigenvalue weighted by Crippen LogP contribution is 2.37. The van der Waals surface area contributed by atoms with Gasteiger partial charge in [-0.2, -0.15) is 10.1 Å². The average molecular weight is 407 g/mol. The van der Waals surface area contributed by atoms with Crippen LogP contribution in [0.25, 0.3) is 5.78 Å². The molecule has 152 valence electrons. The minimum absolute atomic E-state index is 0.0229. The molecule has 1 aliphatic heterocycles. The molecule has 1 saturated heterocycles. The summed E-state index contributed by atoms with van der Waals surface area (Å²) < 4.78 is 57.7. The topological polar surface area (TPSA) is 63.4 Å². The molecule has 6 nitrogen and oxygen atoms in total. The second kappa shape index (κ2) is 6.78. The standard InChI is InChI=1S/C19H17F4N5O/c1-10-3-12(5-14(20)16(10)21)17(29)27-7-13(6-19(22,23)8-27)15-4-11(2)26-18-24-9-25-28(15)18/h3-5,9,13H,6-8H2,1-2H3/t13-/m0/s1. The van der Waals surface area contributed by atoms with Crippen LogP contribution in [0.1, 0.15) is 39.6 Å². The zero-order valence-corrected chi connectivity index (χ0v) is 15.7. The lowest BCUT2D eigenvalue weighted by Crippen LogP contribution is -2.49. The van der Waals surface area contributed by atoms with Crippen molar-refractivity contribution < 1.29 is 22.4 Å².